The van der Waals surface area contributed by atoms with Crippen LogP contribution < -0.4 is 0 Å². The molecule has 0 spiro atoms. The van der Waals surface area contributed by atoms with E-state index >= 15 is 0 Å². The van der Waals surface area contributed by atoms with Crippen LogP contribution in [0, 0.1) is 6.92 Å². The molecule has 0 radical (unpaired) electrons. The van der Waals surface area contributed by atoms with Gasteiger partial charge in [-0.25, -0.2) is 9.97 Å². The van der Waals surface area contributed by atoms with Crippen molar-refractivity contribution >= 4 is 16.5 Å². The van der Waals surface area contributed by atoms with E-state index in [1.54, 1.807) is 13.0 Å². The van der Waals surface area contributed by atoms with Gasteiger partial charge < -0.3 is 9.80 Å². The molecule has 0 fully saturated rings. The summed E-state index contributed by atoms with van der Waals surface area (Å²) in [7, 11) is 3.88. The van der Waals surface area contributed by atoms with E-state index < -0.39 is 11.7 Å². The van der Waals surface area contributed by atoms with Crippen molar-refractivity contribution in [3.8, 4) is 11.3 Å². The average molecular weight is 463 g/mol. The van der Waals surface area contributed by atoms with Crippen LogP contribution in [0.5, 0.6) is 0 Å². The largest absolute Gasteiger partial charge is 0.416 e. The highest BCUT2D eigenvalue weighted by Crippen LogP contribution is 2.35. The molecule has 1 aromatic heterocycles. The van der Waals surface area contributed by atoms with E-state index in [1.165, 1.54) is 6.07 Å². The minimum atomic E-state index is -4.43. The first-order valence-electron chi connectivity index (χ1n) is 10.7. The second-order valence-electron chi connectivity index (χ2n) is 8.43. The predicted molar refractivity (Wildman–Crippen MR) is 131 cm³/mol. The summed E-state index contributed by atoms with van der Waals surface area (Å²) >= 11 is 0. The minimum absolute atomic E-state index is 0.396. The molecule has 7 heteroatoms. The molecule has 34 heavy (non-hydrogen) atoms. The van der Waals surface area contributed by atoms with Crippen LogP contribution in [-0.2, 0) is 6.18 Å². The summed E-state index contributed by atoms with van der Waals surface area (Å²) in [5, 5.41) is 0.686. The van der Waals surface area contributed by atoms with Crippen LogP contribution in [0.15, 0.2) is 85.4 Å². The van der Waals surface area contributed by atoms with Gasteiger partial charge in [0.05, 0.1) is 23.3 Å². The molecule has 0 saturated carbocycles. The van der Waals surface area contributed by atoms with Gasteiger partial charge in [-0.1, -0.05) is 37.4 Å². The summed E-state index contributed by atoms with van der Waals surface area (Å²) in [4.78, 5) is 13.0. The van der Waals surface area contributed by atoms with Gasteiger partial charge in [-0.3, -0.25) is 0 Å². The maximum atomic E-state index is 13.3. The molecule has 1 aliphatic rings. The summed E-state index contributed by atoms with van der Waals surface area (Å²) < 4.78 is 40.0. The first-order chi connectivity index (χ1) is 16.0. The molecule has 3 aromatic rings. The zero-order chi connectivity index (χ0) is 24.6. The van der Waals surface area contributed by atoms with Gasteiger partial charge in [-0.2, -0.15) is 13.2 Å². The van der Waals surface area contributed by atoms with Crippen molar-refractivity contribution in [1.82, 2.24) is 19.8 Å². The van der Waals surface area contributed by atoms with Gasteiger partial charge in [-0.15, -0.1) is 0 Å². The van der Waals surface area contributed by atoms with Crippen molar-refractivity contribution in [2.75, 3.05) is 20.6 Å². The second-order valence-corrected chi connectivity index (χ2v) is 8.43. The number of hydrogen-bond acceptors (Lipinski definition) is 4. The highest BCUT2D eigenvalue weighted by atomic mass is 19.4. The standard InChI is InChI=1S/C27H25F3N4/c1-17-9-10-22(16-34(17)15-18(2)33(4)5)20-11-12-25-24(14-20)26(32-19(3)31-25)21-7-6-8-23(13-21)27(28,29)30/h6-14,16H,1-2,15H2,3-5H3. The van der Waals surface area contributed by atoms with Crippen LogP contribution >= 0.6 is 0 Å². The lowest BCUT2D eigenvalue weighted by Gasteiger charge is -2.28. The van der Waals surface area contributed by atoms with Gasteiger partial charge in [0.1, 0.15) is 5.82 Å². The van der Waals surface area contributed by atoms with Crippen molar-refractivity contribution < 1.29 is 13.2 Å². The van der Waals surface area contributed by atoms with Crippen molar-refractivity contribution in [2.24, 2.45) is 0 Å². The van der Waals surface area contributed by atoms with Crippen molar-refractivity contribution in [3.63, 3.8) is 0 Å². The fourth-order valence-corrected chi connectivity index (χ4v) is 3.72. The molecule has 2 heterocycles. The number of aromatic nitrogens is 2. The quantitative estimate of drug-likeness (QED) is 0.438. The van der Waals surface area contributed by atoms with Crippen molar-refractivity contribution in [2.45, 2.75) is 13.1 Å². The van der Waals surface area contributed by atoms with Crippen LogP contribution in [0.3, 0.4) is 0 Å². The van der Waals surface area contributed by atoms with E-state index in [4.69, 9.17) is 0 Å². The van der Waals surface area contributed by atoms with Gasteiger partial charge in [0.2, 0.25) is 0 Å². The zero-order valence-corrected chi connectivity index (χ0v) is 19.3. The normalized spacial score (nSPS) is 13.9. The van der Waals surface area contributed by atoms with E-state index in [0.717, 1.165) is 34.7 Å². The third kappa shape index (κ3) is 4.73. The fourth-order valence-electron chi connectivity index (χ4n) is 3.72. The first kappa shape index (κ1) is 23.3. The Hall–Kier alpha value is -3.87. The highest BCUT2D eigenvalue weighted by molar-refractivity contribution is 5.95. The van der Waals surface area contributed by atoms with Gasteiger partial charge in [-0.05, 0) is 48.4 Å². The highest BCUT2D eigenvalue weighted by Gasteiger charge is 2.30. The maximum Gasteiger partial charge on any atom is 0.416 e. The number of halogens is 3. The number of rotatable bonds is 5. The van der Waals surface area contributed by atoms with Crippen LogP contribution in [0.1, 0.15) is 17.0 Å². The summed E-state index contributed by atoms with van der Waals surface area (Å²) in [5.74, 6) is 0.495. The molecule has 4 rings (SSSR count). The van der Waals surface area contributed by atoms with Crippen LogP contribution in [0.4, 0.5) is 13.2 Å². The van der Waals surface area contributed by atoms with Gasteiger partial charge in [0, 0.05) is 42.6 Å². The number of allylic oxidation sites excluding steroid dienone is 3. The van der Waals surface area contributed by atoms with E-state index in [2.05, 4.69) is 23.1 Å². The Morgan fingerprint density at radius 3 is 2.50 bits per heavy atom. The molecule has 0 atom stereocenters. The van der Waals surface area contributed by atoms with Crippen molar-refractivity contribution in [3.05, 3.63) is 102 Å². The Kier molecular flexibility index (Phi) is 6.04. The Bertz CT molecular complexity index is 1350. The average Bonchev–Trinajstić information content (AvgIpc) is 2.79. The lowest BCUT2D eigenvalue weighted by atomic mass is 9.98. The monoisotopic (exact) mass is 462 g/mol. The van der Waals surface area contributed by atoms with E-state index in [-0.39, 0.29) is 0 Å². The topological polar surface area (TPSA) is 32.3 Å². The second kappa shape index (κ2) is 8.82. The van der Waals surface area contributed by atoms with Crippen LogP contribution in [-0.4, -0.2) is 40.4 Å². The number of hydrogen-bond donors (Lipinski definition) is 0. The SMILES string of the molecule is C=C(CN1C=C(c2ccc3nc(C)nc(-c4cccc(C(F)(F)F)c4)c3c2)C=CC1=C)N(C)C. The minimum Gasteiger partial charge on any atom is -0.380 e. The Balaban J connectivity index is 1.80. The van der Waals surface area contributed by atoms with E-state index in [0.29, 0.717) is 34.5 Å². The van der Waals surface area contributed by atoms with E-state index in [1.807, 2.05) is 60.4 Å². The van der Waals surface area contributed by atoms with Gasteiger partial charge in [0.15, 0.2) is 0 Å². The molecule has 174 valence electrons. The Labute approximate surface area is 197 Å². The molecule has 0 aliphatic carbocycles. The molecule has 4 nitrogen and oxygen atoms in total. The number of benzene rings is 2. The van der Waals surface area contributed by atoms with Gasteiger partial charge in [0.25, 0.3) is 0 Å². The first-order valence-corrected chi connectivity index (χ1v) is 10.7. The molecule has 2 aromatic carbocycles. The molecule has 0 N–H and O–H groups in total. The molecule has 1 aliphatic heterocycles. The lowest BCUT2D eigenvalue weighted by molar-refractivity contribution is -0.137. The molecule has 0 saturated heterocycles. The molecular formula is C27H25F3N4. The summed E-state index contributed by atoms with van der Waals surface area (Å²) in [5.41, 5.74) is 4.45. The number of alkyl halides is 3. The number of likely N-dealkylation sites (N-methyl/N-ethyl adjacent to an activating group) is 1. The van der Waals surface area contributed by atoms with E-state index in [9.17, 15) is 13.2 Å². The summed E-state index contributed by atoms with van der Waals surface area (Å²) in [6.45, 7) is 10.5. The van der Waals surface area contributed by atoms with Crippen molar-refractivity contribution in [1.29, 1.82) is 0 Å². The fraction of sp³-hybridized carbons (Fsp3) is 0.185. The third-order valence-electron chi connectivity index (χ3n) is 5.71. The van der Waals surface area contributed by atoms with Gasteiger partial charge >= 0.3 is 6.18 Å². The number of aryl methyl sites for hydroxylation is 1. The summed E-state index contributed by atoms with van der Waals surface area (Å²) in [6.07, 6.45) is 1.47. The third-order valence-corrected chi connectivity index (χ3v) is 5.71. The molecule has 0 unspecified atom stereocenters. The Morgan fingerprint density at radius 2 is 1.79 bits per heavy atom. The number of nitrogens with zero attached hydrogens (tertiary/aromatic N) is 4. The molecule has 0 amide bonds. The zero-order valence-electron chi connectivity index (χ0n) is 19.3. The maximum absolute atomic E-state index is 13.3. The smallest absolute Gasteiger partial charge is 0.380 e. The summed E-state index contributed by atoms with van der Waals surface area (Å²) in [6, 6.07) is 11.0. The van der Waals surface area contributed by atoms with Crippen LogP contribution in [0.25, 0.3) is 27.7 Å². The predicted octanol–water partition coefficient (Wildman–Crippen LogP) is 6.43. The molecular weight excluding hydrogens is 437 g/mol. The van der Waals surface area contributed by atoms with Crippen LogP contribution in [0.2, 0.25) is 0 Å². The number of fused-ring (bicyclic) bond motifs is 1. The Morgan fingerprint density at radius 1 is 1.03 bits per heavy atom. The molecule has 0 bridgehead atoms. The lowest BCUT2D eigenvalue weighted by Crippen LogP contribution is -2.25.